The monoisotopic (exact) mass is 310 g/mol. The van der Waals surface area contributed by atoms with E-state index in [2.05, 4.69) is 5.32 Å². The Balaban J connectivity index is 2.05. The maximum Gasteiger partial charge on any atom is 0.254 e. The fourth-order valence-corrected chi connectivity index (χ4v) is 2.48. The van der Waals surface area contributed by atoms with Gasteiger partial charge in [-0.2, -0.15) is 10.5 Å². The molecular formula is C17H18N4O2. The summed E-state index contributed by atoms with van der Waals surface area (Å²) in [5.41, 5.74) is 1.29. The first kappa shape index (κ1) is 16.5. The first-order chi connectivity index (χ1) is 11.0. The molecule has 1 heterocycles. The van der Waals surface area contributed by atoms with E-state index in [1.54, 1.807) is 41.3 Å². The molecule has 0 bridgehead atoms. The number of ether oxygens (including phenoxy) is 1. The molecule has 0 radical (unpaired) electrons. The highest BCUT2D eigenvalue weighted by molar-refractivity contribution is 5.94. The van der Waals surface area contributed by atoms with Crippen molar-refractivity contribution in [2.45, 2.75) is 26.1 Å². The minimum atomic E-state index is -0.0242. The Morgan fingerprint density at radius 2 is 1.78 bits per heavy atom. The average molecular weight is 310 g/mol. The summed E-state index contributed by atoms with van der Waals surface area (Å²) in [5, 5.41) is 20.2. The highest BCUT2D eigenvalue weighted by Gasteiger charge is 2.26. The molecular weight excluding hydrogens is 292 g/mol. The minimum absolute atomic E-state index is 0.0126. The molecule has 23 heavy (non-hydrogen) atoms. The van der Waals surface area contributed by atoms with E-state index in [4.69, 9.17) is 15.3 Å². The van der Waals surface area contributed by atoms with Gasteiger partial charge in [0.25, 0.3) is 5.91 Å². The van der Waals surface area contributed by atoms with Crippen molar-refractivity contribution in [2.24, 2.45) is 0 Å². The summed E-state index contributed by atoms with van der Waals surface area (Å²) in [6.45, 7) is 5.08. The number of hydrogen-bond donors (Lipinski definition) is 1. The van der Waals surface area contributed by atoms with E-state index in [1.165, 1.54) is 6.20 Å². The van der Waals surface area contributed by atoms with Crippen LogP contribution in [0.15, 0.2) is 36.0 Å². The molecule has 1 saturated heterocycles. The molecule has 1 aliphatic heterocycles. The van der Waals surface area contributed by atoms with Gasteiger partial charge in [-0.15, -0.1) is 0 Å². The molecule has 0 aliphatic carbocycles. The molecule has 118 valence electrons. The Hall–Kier alpha value is -2.83. The smallest absolute Gasteiger partial charge is 0.254 e. The van der Waals surface area contributed by atoms with Crippen molar-refractivity contribution in [3.05, 3.63) is 41.6 Å². The number of benzene rings is 1. The van der Waals surface area contributed by atoms with Crippen molar-refractivity contribution in [3.8, 4) is 12.1 Å². The summed E-state index contributed by atoms with van der Waals surface area (Å²) in [5.74, 6) is -0.0242. The van der Waals surface area contributed by atoms with Crippen LogP contribution < -0.4 is 5.32 Å². The lowest BCUT2D eigenvalue weighted by Gasteiger charge is -2.35. The van der Waals surface area contributed by atoms with Crippen LogP contribution >= 0.6 is 0 Å². The lowest BCUT2D eigenvalue weighted by atomic mass is 10.1. The highest BCUT2D eigenvalue weighted by Crippen LogP contribution is 2.16. The Bertz CT molecular complexity index is 656. The molecule has 1 amide bonds. The molecule has 1 N–H and O–H groups in total. The van der Waals surface area contributed by atoms with E-state index < -0.39 is 0 Å². The molecule has 2 rings (SSSR count). The zero-order valence-electron chi connectivity index (χ0n) is 13.1. The predicted molar refractivity (Wildman–Crippen MR) is 85.3 cm³/mol. The first-order valence-corrected chi connectivity index (χ1v) is 7.35. The molecule has 2 unspecified atom stereocenters. The van der Waals surface area contributed by atoms with E-state index in [0.717, 1.165) is 0 Å². The maximum absolute atomic E-state index is 12.5. The van der Waals surface area contributed by atoms with Crippen LogP contribution in [0.4, 0.5) is 5.69 Å². The summed E-state index contributed by atoms with van der Waals surface area (Å²) in [7, 11) is 0. The van der Waals surface area contributed by atoms with Gasteiger partial charge in [-0.3, -0.25) is 4.79 Å². The van der Waals surface area contributed by atoms with Crippen LogP contribution in [0, 0.1) is 22.7 Å². The average Bonchev–Trinajstić information content (AvgIpc) is 2.55. The molecule has 0 spiro atoms. The summed E-state index contributed by atoms with van der Waals surface area (Å²) in [4.78, 5) is 14.3. The SMILES string of the molecule is CC1CN(C(=O)c2ccc(NC=C(C#N)C#N)cc2)CC(C)O1. The van der Waals surface area contributed by atoms with Crippen molar-refractivity contribution >= 4 is 11.6 Å². The van der Waals surface area contributed by atoms with Gasteiger partial charge in [-0.1, -0.05) is 0 Å². The molecule has 1 aromatic rings. The van der Waals surface area contributed by atoms with E-state index in [-0.39, 0.29) is 23.7 Å². The Kier molecular flexibility index (Phi) is 5.35. The van der Waals surface area contributed by atoms with Gasteiger partial charge in [0, 0.05) is 30.5 Å². The van der Waals surface area contributed by atoms with Crippen LogP contribution in [0.1, 0.15) is 24.2 Å². The van der Waals surface area contributed by atoms with Crippen molar-refractivity contribution in [1.29, 1.82) is 10.5 Å². The lowest BCUT2D eigenvalue weighted by Crippen LogP contribution is -2.48. The number of morpholine rings is 1. The minimum Gasteiger partial charge on any atom is -0.372 e. The number of carbonyl (C=O) groups is 1. The molecule has 2 atom stereocenters. The first-order valence-electron chi connectivity index (χ1n) is 7.35. The van der Waals surface area contributed by atoms with Crippen LogP contribution in [0.5, 0.6) is 0 Å². The van der Waals surface area contributed by atoms with Crippen LogP contribution in [0.25, 0.3) is 0 Å². The van der Waals surface area contributed by atoms with Crippen molar-refractivity contribution in [3.63, 3.8) is 0 Å². The fourth-order valence-electron chi connectivity index (χ4n) is 2.48. The third kappa shape index (κ3) is 4.32. The maximum atomic E-state index is 12.5. The molecule has 1 aliphatic rings. The third-order valence-corrected chi connectivity index (χ3v) is 3.46. The van der Waals surface area contributed by atoms with Gasteiger partial charge >= 0.3 is 0 Å². The molecule has 6 nitrogen and oxygen atoms in total. The zero-order valence-corrected chi connectivity index (χ0v) is 13.1. The summed E-state index contributed by atoms with van der Waals surface area (Å²) in [6, 6.07) is 10.5. The van der Waals surface area contributed by atoms with Gasteiger partial charge in [-0.25, -0.2) is 0 Å². The number of rotatable bonds is 3. The van der Waals surface area contributed by atoms with Gasteiger partial charge in [-0.05, 0) is 38.1 Å². The second-order valence-electron chi connectivity index (χ2n) is 5.47. The van der Waals surface area contributed by atoms with Crippen LogP contribution in [-0.4, -0.2) is 36.1 Å². The number of nitrogens with zero attached hydrogens (tertiary/aromatic N) is 3. The number of amides is 1. The summed E-state index contributed by atoms with van der Waals surface area (Å²) < 4.78 is 5.63. The third-order valence-electron chi connectivity index (χ3n) is 3.46. The number of nitriles is 2. The molecule has 1 aromatic carbocycles. The highest BCUT2D eigenvalue weighted by atomic mass is 16.5. The van der Waals surface area contributed by atoms with Crippen molar-refractivity contribution < 1.29 is 9.53 Å². The number of nitrogens with one attached hydrogen (secondary N) is 1. The van der Waals surface area contributed by atoms with E-state index in [1.807, 2.05) is 13.8 Å². The Morgan fingerprint density at radius 3 is 2.30 bits per heavy atom. The number of anilines is 1. The molecule has 1 fully saturated rings. The second-order valence-corrected chi connectivity index (χ2v) is 5.47. The largest absolute Gasteiger partial charge is 0.372 e. The van der Waals surface area contributed by atoms with Crippen molar-refractivity contribution in [1.82, 2.24) is 4.90 Å². The van der Waals surface area contributed by atoms with E-state index in [0.29, 0.717) is 24.3 Å². The Morgan fingerprint density at radius 1 is 1.22 bits per heavy atom. The van der Waals surface area contributed by atoms with Gasteiger partial charge in [0.15, 0.2) is 0 Å². The summed E-state index contributed by atoms with van der Waals surface area (Å²) in [6.07, 6.45) is 1.40. The van der Waals surface area contributed by atoms with Gasteiger partial charge < -0.3 is 15.0 Å². The number of hydrogen-bond acceptors (Lipinski definition) is 5. The van der Waals surface area contributed by atoms with Crippen LogP contribution in [0.3, 0.4) is 0 Å². The van der Waals surface area contributed by atoms with E-state index in [9.17, 15) is 4.79 Å². The zero-order chi connectivity index (χ0) is 16.8. The van der Waals surface area contributed by atoms with Crippen LogP contribution in [0.2, 0.25) is 0 Å². The standard InChI is InChI=1S/C17H18N4O2/c1-12-10-21(11-13(2)23-12)17(22)15-3-5-16(6-4-15)20-9-14(7-18)8-19/h3-6,9,12-13,20H,10-11H2,1-2H3. The fraction of sp³-hybridized carbons (Fsp3) is 0.353. The summed E-state index contributed by atoms with van der Waals surface area (Å²) >= 11 is 0. The number of allylic oxidation sites excluding steroid dienone is 1. The normalized spacial score (nSPS) is 20.1. The second kappa shape index (κ2) is 7.44. The van der Waals surface area contributed by atoms with Gasteiger partial charge in [0.1, 0.15) is 17.7 Å². The van der Waals surface area contributed by atoms with Crippen molar-refractivity contribution in [2.75, 3.05) is 18.4 Å². The number of carbonyl (C=O) groups excluding carboxylic acids is 1. The molecule has 0 aromatic heterocycles. The molecule has 0 saturated carbocycles. The molecule has 6 heteroatoms. The lowest BCUT2D eigenvalue weighted by molar-refractivity contribution is -0.0586. The predicted octanol–water partition coefficient (Wildman–Crippen LogP) is 2.28. The quantitative estimate of drug-likeness (QED) is 0.865. The Labute approximate surface area is 135 Å². The van der Waals surface area contributed by atoms with Gasteiger partial charge in [0.2, 0.25) is 0 Å². The topological polar surface area (TPSA) is 89.2 Å². The van der Waals surface area contributed by atoms with Gasteiger partial charge in [0.05, 0.1) is 12.2 Å². The van der Waals surface area contributed by atoms with Crippen LogP contribution in [-0.2, 0) is 4.74 Å². The van der Waals surface area contributed by atoms with E-state index >= 15 is 0 Å².